The molecule has 0 bridgehead atoms. The molecule has 107 heavy (non-hydrogen) atoms. The molecule has 0 saturated carbocycles. The highest BCUT2D eigenvalue weighted by molar-refractivity contribution is 7.47. The van der Waals surface area contributed by atoms with E-state index < -0.39 is 97.5 Å². The molecule has 0 spiro atoms. The molecule has 3 unspecified atom stereocenters. The molecule has 0 aliphatic heterocycles. The van der Waals surface area contributed by atoms with E-state index in [1.165, 1.54) is 283 Å². The molecule has 6 atom stereocenters. The molecule has 0 aromatic heterocycles. The van der Waals surface area contributed by atoms with E-state index in [9.17, 15) is 43.2 Å². The molecule has 0 fully saturated rings. The number of rotatable bonds is 87. The molecule has 0 aliphatic rings. The molecule has 0 radical (unpaired) electrons. The Balaban J connectivity index is 5.22. The van der Waals surface area contributed by atoms with Crippen LogP contribution in [0, 0.1) is 11.8 Å². The smallest absolute Gasteiger partial charge is 0.462 e. The lowest BCUT2D eigenvalue weighted by Crippen LogP contribution is -2.30. The van der Waals surface area contributed by atoms with E-state index >= 15 is 0 Å². The van der Waals surface area contributed by atoms with Gasteiger partial charge in [0.25, 0.3) is 0 Å². The van der Waals surface area contributed by atoms with Crippen LogP contribution in [0.25, 0.3) is 0 Å². The maximum absolute atomic E-state index is 13.2. The number of unbranched alkanes of at least 4 members (excludes halogenated alkanes) is 56. The number of carbonyl (C=O) groups excluding carboxylic acids is 4. The van der Waals surface area contributed by atoms with E-state index in [1.807, 2.05) is 0 Å². The van der Waals surface area contributed by atoms with E-state index in [4.69, 9.17) is 37.0 Å². The van der Waals surface area contributed by atoms with Crippen molar-refractivity contribution >= 4 is 39.5 Å². The third-order valence-electron chi connectivity index (χ3n) is 21.1. The largest absolute Gasteiger partial charge is 0.472 e. The van der Waals surface area contributed by atoms with Gasteiger partial charge in [0.1, 0.15) is 19.3 Å². The van der Waals surface area contributed by atoms with Crippen molar-refractivity contribution in [3.8, 4) is 0 Å². The second kappa shape index (κ2) is 79.3. The quantitative estimate of drug-likeness (QED) is 0.0222. The van der Waals surface area contributed by atoms with Crippen molar-refractivity contribution < 1.29 is 80.2 Å². The fourth-order valence-corrected chi connectivity index (χ4v) is 15.3. The number of ether oxygens (including phenoxy) is 4. The van der Waals surface area contributed by atoms with Gasteiger partial charge in [-0.1, -0.05) is 420 Å². The van der Waals surface area contributed by atoms with Gasteiger partial charge in [0.05, 0.1) is 26.4 Å². The third-order valence-corrected chi connectivity index (χ3v) is 23.0. The number of carbonyl (C=O) groups is 4. The summed E-state index contributed by atoms with van der Waals surface area (Å²) in [6, 6.07) is 0. The summed E-state index contributed by atoms with van der Waals surface area (Å²) in [6.07, 6.45) is 72.5. The van der Waals surface area contributed by atoms with Crippen LogP contribution in [0.5, 0.6) is 0 Å². The van der Waals surface area contributed by atoms with E-state index in [0.717, 1.165) is 108 Å². The van der Waals surface area contributed by atoms with Crippen LogP contribution in [-0.2, 0) is 65.4 Å². The van der Waals surface area contributed by atoms with Gasteiger partial charge in [-0.15, -0.1) is 0 Å². The second-order valence-corrected chi connectivity index (χ2v) is 35.3. The second-order valence-electron chi connectivity index (χ2n) is 32.4. The molecule has 0 amide bonds. The maximum Gasteiger partial charge on any atom is 0.472 e. The lowest BCUT2D eigenvalue weighted by Gasteiger charge is -2.21. The average molecular weight is 1560 g/mol. The van der Waals surface area contributed by atoms with Gasteiger partial charge in [-0.2, -0.15) is 0 Å². The Kier molecular flexibility index (Phi) is 77.9. The summed E-state index contributed by atoms with van der Waals surface area (Å²) in [4.78, 5) is 73.3. The molecular formula is C88H172O17P2. The van der Waals surface area contributed by atoms with Gasteiger partial charge in [0.15, 0.2) is 12.2 Å². The number of aliphatic hydroxyl groups excluding tert-OH is 1. The summed E-state index contributed by atoms with van der Waals surface area (Å²) < 4.78 is 68.9. The lowest BCUT2D eigenvalue weighted by molar-refractivity contribution is -0.161. The van der Waals surface area contributed by atoms with Crippen LogP contribution in [0.4, 0.5) is 0 Å². The van der Waals surface area contributed by atoms with Gasteiger partial charge in [-0.05, 0) is 37.5 Å². The van der Waals surface area contributed by atoms with Crippen LogP contribution in [-0.4, -0.2) is 96.7 Å². The summed E-state index contributed by atoms with van der Waals surface area (Å²) in [7, 11) is -9.93. The Morgan fingerprint density at radius 1 is 0.271 bits per heavy atom. The lowest BCUT2D eigenvalue weighted by atomic mass is 10.00. The van der Waals surface area contributed by atoms with Crippen LogP contribution in [0.15, 0.2) is 0 Å². The first-order valence-electron chi connectivity index (χ1n) is 45.5. The fraction of sp³-hybridized carbons (Fsp3) is 0.955. The molecule has 0 rings (SSSR count). The van der Waals surface area contributed by atoms with Gasteiger partial charge in [0.2, 0.25) is 0 Å². The molecule has 3 N–H and O–H groups in total. The summed E-state index contributed by atoms with van der Waals surface area (Å²) in [5.41, 5.74) is 0. The zero-order valence-corrected chi connectivity index (χ0v) is 72.2. The zero-order valence-electron chi connectivity index (χ0n) is 70.5. The summed E-state index contributed by atoms with van der Waals surface area (Å²) >= 11 is 0. The van der Waals surface area contributed by atoms with Gasteiger partial charge in [0, 0.05) is 25.7 Å². The number of hydrogen-bond donors (Lipinski definition) is 3. The minimum absolute atomic E-state index is 0.106. The number of aliphatic hydroxyl groups is 1. The van der Waals surface area contributed by atoms with Crippen molar-refractivity contribution in [3.63, 3.8) is 0 Å². The molecule has 0 saturated heterocycles. The van der Waals surface area contributed by atoms with Gasteiger partial charge < -0.3 is 33.8 Å². The predicted octanol–water partition coefficient (Wildman–Crippen LogP) is 27.0. The summed E-state index contributed by atoms with van der Waals surface area (Å²) in [6.45, 7) is 9.64. The van der Waals surface area contributed by atoms with Crippen LogP contribution in [0.1, 0.15) is 472 Å². The Hall–Kier alpha value is -1.94. The Labute approximate surface area is 658 Å². The molecule has 0 heterocycles. The highest BCUT2D eigenvalue weighted by Crippen LogP contribution is 2.45. The molecule has 636 valence electrons. The number of phosphoric acid groups is 2. The Bertz CT molecular complexity index is 2050. The minimum atomic E-state index is -4.97. The van der Waals surface area contributed by atoms with Crippen LogP contribution in [0.3, 0.4) is 0 Å². The van der Waals surface area contributed by atoms with Crippen LogP contribution >= 0.6 is 15.6 Å². The first-order valence-corrected chi connectivity index (χ1v) is 48.5. The Morgan fingerprint density at radius 3 is 0.710 bits per heavy atom. The monoisotopic (exact) mass is 1560 g/mol. The third kappa shape index (κ3) is 80.5. The van der Waals surface area contributed by atoms with Crippen molar-refractivity contribution in [3.05, 3.63) is 0 Å². The van der Waals surface area contributed by atoms with Crippen molar-refractivity contribution in [1.29, 1.82) is 0 Å². The maximum atomic E-state index is 13.2. The normalized spacial score (nSPS) is 14.0. The Morgan fingerprint density at radius 2 is 0.477 bits per heavy atom. The van der Waals surface area contributed by atoms with Crippen molar-refractivity contribution in [2.24, 2.45) is 11.8 Å². The molecule has 17 nitrogen and oxygen atoms in total. The van der Waals surface area contributed by atoms with Crippen molar-refractivity contribution in [2.75, 3.05) is 39.6 Å². The molecule has 0 aliphatic carbocycles. The van der Waals surface area contributed by atoms with Crippen molar-refractivity contribution in [2.45, 2.75) is 490 Å². The number of esters is 4. The highest BCUT2D eigenvalue weighted by atomic mass is 31.2. The topological polar surface area (TPSA) is 237 Å². The molecular weight excluding hydrogens is 1390 g/mol. The van der Waals surface area contributed by atoms with Gasteiger partial charge >= 0.3 is 39.5 Å². The molecule has 0 aromatic carbocycles. The van der Waals surface area contributed by atoms with E-state index in [1.54, 1.807) is 0 Å². The molecule has 0 aromatic rings. The van der Waals surface area contributed by atoms with E-state index in [0.29, 0.717) is 25.7 Å². The SMILES string of the molecule is CCCCCCCCCCCCCCCCCCCCCCCCC(=O)O[C@H](COC(=O)CCCCCCCCCCCCCCCCCCCCCC)COP(=O)(O)OC[C@@H](O)COP(=O)(O)OC[C@@H](COC(=O)CCCCCCCCC(C)CC)OC(=O)CCCCCCCCCCCCCCC(C)C. The standard InChI is InChI=1S/C88H172O17P2/c1-7-10-12-14-16-18-20-22-24-26-28-30-31-33-35-37-39-44-48-52-60-66-72-87(92)104-83(76-98-85(90)70-64-58-51-47-43-38-36-34-32-29-27-25-23-21-19-17-15-13-11-8-2)78-102-106(94,95)100-74-82(89)75-101-107(96,97)103-79-84(77-99-86(91)71-65-59-55-54-57-63-69-81(6)9-3)105-88(93)73-67-61-53-49-45-41-40-42-46-50-56-62-68-80(4)5/h80-84,89H,7-79H2,1-6H3,(H,94,95)(H,96,97)/t81?,82-,83-,84-/m1/s1. The predicted molar refractivity (Wildman–Crippen MR) is 442 cm³/mol. The van der Waals surface area contributed by atoms with Crippen molar-refractivity contribution in [1.82, 2.24) is 0 Å². The van der Waals surface area contributed by atoms with Crippen LogP contribution in [0.2, 0.25) is 0 Å². The molecule has 19 heteroatoms. The number of hydrogen-bond acceptors (Lipinski definition) is 15. The first-order chi connectivity index (χ1) is 51.9. The van der Waals surface area contributed by atoms with E-state index in [2.05, 4.69) is 41.5 Å². The van der Waals surface area contributed by atoms with Gasteiger partial charge in [-0.25, -0.2) is 9.13 Å². The van der Waals surface area contributed by atoms with Crippen LogP contribution < -0.4 is 0 Å². The first kappa shape index (κ1) is 105. The summed E-state index contributed by atoms with van der Waals surface area (Å²) in [5.74, 6) is -0.596. The zero-order chi connectivity index (χ0) is 78.5. The minimum Gasteiger partial charge on any atom is -0.462 e. The van der Waals surface area contributed by atoms with Gasteiger partial charge in [-0.3, -0.25) is 37.3 Å². The fourth-order valence-electron chi connectivity index (χ4n) is 13.7. The highest BCUT2D eigenvalue weighted by Gasteiger charge is 2.31. The average Bonchev–Trinajstić information content (AvgIpc) is 0.904. The summed E-state index contributed by atoms with van der Waals surface area (Å²) in [5, 5.41) is 10.7. The number of phosphoric ester groups is 2. The van der Waals surface area contributed by atoms with E-state index in [-0.39, 0.29) is 25.7 Å².